The molecule has 1 aromatic carbocycles. The number of halogens is 2. The first-order valence-corrected chi connectivity index (χ1v) is 8.32. The van der Waals surface area contributed by atoms with E-state index in [9.17, 15) is 0 Å². The monoisotopic (exact) mass is 458 g/mol. The average molecular weight is 459 g/mol. The highest BCUT2D eigenvalue weighted by molar-refractivity contribution is 14.0. The number of nitrogens with one attached hydrogen (secondary N) is 2. The minimum atomic E-state index is 0. The maximum atomic E-state index is 6.17. The molecule has 1 aromatic heterocycles. The van der Waals surface area contributed by atoms with E-state index in [4.69, 9.17) is 11.6 Å². The van der Waals surface area contributed by atoms with Gasteiger partial charge in [-0.05, 0) is 43.0 Å². The molecule has 0 atom stereocenters. The van der Waals surface area contributed by atoms with Crippen LogP contribution in [-0.4, -0.2) is 30.6 Å². The summed E-state index contributed by atoms with van der Waals surface area (Å²) in [6.07, 6.45) is 5.43. The first-order valence-electron chi connectivity index (χ1n) is 7.94. The smallest absolute Gasteiger partial charge is 0.191 e. The third kappa shape index (κ3) is 7.49. The summed E-state index contributed by atoms with van der Waals surface area (Å²) in [6.45, 7) is 4.42. The Kier molecular flexibility index (Phi) is 10.4. The summed E-state index contributed by atoms with van der Waals surface area (Å²) in [5.41, 5.74) is 2.34. The zero-order chi connectivity index (χ0) is 16.3. The summed E-state index contributed by atoms with van der Waals surface area (Å²) in [5.74, 6) is 0.837. The Morgan fingerprint density at radius 2 is 1.96 bits per heavy atom. The van der Waals surface area contributed by atoms with Crippen molar-refractivity contribution in [2.45, 2.75) is 19.8 Å². The Labute approximate surface area is 166 Å². The zero-order valence-electron chi connectivity index (χ0n) is 13.8. The van der Waals surface area contributed by atoms with E-state index >= 15 is 0 Å². The maximum absolute atomic E-state index is 6.17. The summed E-state index contributed by atoms with van der Waals surface area (Å²) < 4.78 is 0. The topological polar surface area (TPSA) is 49.3 Å². The van der Waals surface area contributed by atoms with Gasteiger partial charge in [-0.2, -0.15) is 0 Å². The Hall–Kier alpha value is -1.34. The van der Waals surface area contributed by atoms with Gasteiger partial charge in [0, 0.05) is 37.1 Å². The molecule has 0 aliphatic rings. The lowest BCUT2D eigenvalue weighted by Crippen LogP contribution is -2.38. The number of rotatable bonds is 7. The first-order chi connectivity index (χ1) is 11.3. The molecule has 0 unspecified atom stereocenters. The van der Waals surface area contributed by atoms with Crippen molar-refractivity contribution in [1.29, 1.82) is 0 Å². The van der Waals surface area contributed by atoms with Gasteiger partial charge in [0.05, 0.1) is 0 Å². The quantitative estimate of drug-likeness (QED) is 0.378. The van der Waals surface area contributed by atoms with Crippen molar-refractivity contribution in [3.05, 3.63) is 64.9 Å². The van der Waals surface area contributed by atoms with Crippen LogP contribution in [0.25, 0.3) is 0 Å². The van der Waals surface area contributed by atoms with Gasteiger partial charge in [0.25, 0.3) is 0 Å². The van der Waals surface area contributed by atoms with E-state index in [1.807, 2.05) is 36.5 Å². The van der Waals surface area contributed by atoms with Crippen LogP contribution < -0.4 is 10.6 Å². The average Bonchev–Trinajstić information content (AvgIpc) is 2.57. The minimum Gasteiger partial charge on any atom is -0.357 e. The van der Waals surface area contributed by atoms with E-state index in [-0.39, 0.29) is 24.0 Å². The Bertz CT molecular complexity index is 619. The fourth-order valence-corrected chi connectivity index (χ4v) is 2.43. The zero-order valence-corrected chi connectivity index (χ0v) is 16.9. The van der Waals surface area contributed by atoms with Gasteiger partial charge < -0.3 is 10.6 Å². The number of nitrogens with zero attached hydrogens (tertiary/aromatic N) is 2. The van der Waals surface area contributed by atoms with Crippen molar-refractivity contribution < 1.29 is 0 Å². The predicted molar refractivity (Wildman–Crippen MR) is 112 cm³/mol. The van der Waals surface area contributed by atoms with E-state index in [1.165, 1.54) is 5.56 Å². The van der Waals surface area contributed by atoms with Crippen LogP contribution in [0.15, 0.2) is 53.8 Å². The SMILES string of the molecule is CCNC(=NCCc1ccccc1Cl)NCCc1cccnc1.I. The number of guanidine groups is 1. The Balaban J connectivity index is 0.00000288. The molecule has 130 valence electrons. The fourth-order valence-electron chi connectivity index (χ4n) is 2.20. The first kappa shape index (κ1) is 20.7. The van der Waals surface area contributed by atoms with Crippen molar-refractivity contribution in [3.63, 3.8) is 0 Å². The molecular weight excluding hydrogens is 435 g/mol. The molecule has 0 saturated carbocycles. The summed E-state index contributed by atoms with van der Waals surface area (Å²) in [7, 11) is 0. The number of aromatic nitrogens is 1. The minimum absolute atomic E-state index is 0. The van der Waals surface area contributed by atoms with E-state index in [1.54, 1.807) is 6.20 Å². The Morgan fingerprint density at radius 1 is 1.12 bits per heavy atom. The number of hydrogen-bond donors (Lipinski definition) is 2. The van der Waals surface area contributed by atoms with E-state index in [0.717, 1.165) is 42.5 Å². The van der Waals surface area contributed by atoms with Crippen LogP contribution >= 0.6 is 35.6 Å². The number of hydrogen-bond acceptors (Lipinski definition) is 2. The molecule has 0 amide bonds. The normalized spacial score (nSPS) is 10.8. The van der Waals surface area contributed by atoms with Crippen molar-refractivity contribution >= 4 is 41.5 Å². The molecule has 0 spiro atoms. The van der Waals surface area contributed by atoms with Gasteiger partial charge in [0.15, 0.2) is 5.96 Å². The van der Waals surface area contributed by atoms with Gasteiger partial charge >= 0.3 is 0 Å². The van der Waals surface area contributed by atoms with Crippen LogP contribution in [0.1, 0.15) is 18.1 Å². The molecule has 2 rings (SSSR count). The van der Waals surface area contributed by atoms with Crippen molar-refractivity contribution in [2.24, 2.45) is 4.99 Å². The summed E-state index contributed by atoms with van der Waals surface area (Å²) >= 11 is 6.17. The molecule has 0 fully saturated rings. The van der Waals surface area contributed by atoms with Crippen LogP contribution in [0, 0.1) is 0 Å². The van der Waals surface area contributed by atoms with Crippen molar-refractivity contribution in [1.82, 2.24) is 15.6 Å². The highest BCUT2D eigenvalue weighted by Gasteiger charge is 2.00. The van der Waals surface area contributed by atoms with Crippen LogP contribution in [-0.2, 0) is 12.8 Å². The molecule has 4 nitrogen and oxygen atoms in total. The van der Waals surface area contributed by atoms with Crippen LogP contribution in [0.5, 0.6) is 0 Å². The van der Waals surface area contributed by atoms with Crippen molar-refractivity contribution in [3.8, 4) is 0 Å². The van der Waals surface area contributed by atoms with Gasteiger partial charge in [-0.1, -0.05) is 35.9 Å². The fraction of sp³-hybridized carbons (Fsp3) is 0.333. The Morgan fingerprint density at radius 3 is 2.67 bits per heavy atom. The van der Waals surface area contributed by atoms with Gasteiger partial charge in [0.2, 0.25) is 0 Å². The standard InChI is InChI=1S/C18H23ClN4.HI/c1-2-21-18(22-12-9-15-6-5-11-20-14-15)23-13-10-16-7-3-4-8-17(16)19;/h3-8,11,14H,2,9-10,12-13H2,1H3,(H2,21,22,23);1H. The number of aliphatic imine (C=N–C) groups is 1. The van der Waals surface area contributed by atoms with E-state index in [0.29, 0.717) is 6.54 Å². The third-order valence-electron chi connectivity index (χ3n) is 3.38. The molecule has 0 aliphatic carbocycles. The molecule has 0 radical (unpaired) electrons. The number of benzene rings is 1. The predicted octanol–water partition coefficient (Wildman–Crippen LogP) is 3.69. The molecule has 24 heavy (non-hydrogen) atoms. The highest BCUT2D eigenvalue weighted by Crippen LogP contribution is 2.15. The van der Waals surface area contributed by atoms with Gasteiger partial charge in [-0.15, -0.1) is 24.0 Å². The highest BCUT2D eigenvalue weighted by atomic mass is 127. The second-order valence-electron chi connectivity index (χ2n) is 5.14. The van der Waals surface area contributed by atoms with Crippen molar-refractivity contribution in [2.75, 3.05) is 19.6 Å². The lowest BCUT2D eigenvalue weighted by Gasteiger charge is -2.11. The van der Waals surface area contributed by atoms with Gasteiger partial charge in [-0.3, -0.25) is 9.98 Å². The summed E-state index contributed by atoms with van der Waals surface area (Å²) in [4.78, 5) is 8.73. The second kappa shape index (κ2) is 12.1. The maximum Gasteiger partial charge on any atom is 0.191 e. The van der Waals surface area contributed by atoms with Gasteiger partial charge in [0.1, 0.15) is 0 Å². The van der Waals surface area contributed by atoms with E-state index < -0.39 is 0 Å². The summed E-state index contributed by atoms with van der Waals surface area (Å²) in [6, 6.07) is 11.9. The molecule has 6 heteroatoms. The lowest BCUT2D eigenvalue weighted by molar-refractivity contribution is 0.795. The largest absolute Gasteiger partial charge is 0.357 e. The number of pyridine rings is 1. The molecular formula is C18H24ClIN4. The third-order valence-corrected chi connectivity index (χ3v) is 3.75. The molecule has 0 bridgehead atoms. The second-order valence-corrected chi connectivity index (χ2v) is 5.55. The molecule has 2 aromatic rings. The van der Waals surface area contributed by atoms with Gasteiger partial charge in [-0.25, -0.2) is 0 Å². The van der Waals surface area contributed by atoms with E-state index in [2.05, 4.69) is 33.6 Å². The summed E-state index contributed by atoms with van der Waals surface area (Å²) in [5, 5.41) is 7.41. The molecule has 0 saturated heterocycles. The molecule has 0 aliphatic heterocycles. The molecule has 2 N–H and O–H groups in total. The lowest BCUT2D eigenvalue weighted by atomic mass is 10.1. The van der Waals surface area contributed by atoms with Crippen LogP contribution in [0.2, 0.25) is 5.02 Å². The molecule has 1 heterocycles. The van der Waals surface area contributed by atoms with Crippen LogP contribution in [0.4, 0.5) is 0 Å². The van der Waals surface area contributed by atoms with Crippen LogP contribution in [0.3, 0.4) is 0 Å².